The van der Waals surface area contributed by atoms with Gasteiger partial charge in [0, 0.05) is 10.5 Å². The van der Waals surface area contributed by atoms with Gasteiger partial charge in [-0.2, -0.15) is 0 Å². The van der Waals surface area contributed by atoms with Gasteiger partial charge in [-0.1, -0.05) is 28.8 Å². The van der Waals surface area contributed by atoms with Gasteiger partial charge in [-0.25, -0.2) is 9.59 Å². The van der Waals surface area contributed by atoms with Crippen LogP contribution in [0.15, 0.2) is 22.2 Å². The molecule has 1 heterocycles. The lowest BCUT2D eigenvalue weighted by atomic mass is 10.0. The number of barbiturate groups is 1. The minimum absolute atomic E-state index is 0.163. The van der Waals surface area contributed by atoms with Gasteiger partial charge in [0.1, 0.15) is 5.57 Å². The normalized spacial score (nSPS) is 18.7. The number of benzene rings is 1. The zero-order valence-corrected chi connectivity index (χ0v) is 17.9. The first-order valence-electron chi connectivity index (χ1n) is 9.53. The van der Waals surface area contributed by atoms with Crippen molar-refractivity contribution in [3.8, 4) is 11.5 Å². The number of nitrogens with zero attached hydrogens (tertiary/aromatic N) is 1. The average molecular weight is 481 g/mol. The first-order valence-corrected chi connectivity index (χ1v) is 10.3. The molecule has 2 N–H and O–H groups in total. The van der Waals surface area contributed by atoms with Crippen LogP contribution < -0.4 is 14.8 Å². The second-order valence-corrected chi connectivity index (χ2v) is 7.72. The van der Waals surface area contributed by atoms with Crippen molar-refractivity contribution in [2.75, 3.05) is 13.2 Å². The van der Waals surface area contributed by atoms with E-state index < -0.39 is 30.4 Å². The molecule has 1 aromatic carbocycles. The number of carboxylic acids is 1. The van der Waals surface area contributed by atoms with Crippen LogP contribution in [0, 0.1) is 0 Å². The highest BCUT2D eigenvalue weighted by Crippen LogP contribution is 2.35. The summed E-state index contributed by atoms with van der Waals surface area (Å²) >= 11 is 3.35. The first kappa shape index (κ1) is 21.8. The molecule has 160 valence electrons. The van der Waals surface area contributed by atoms with Crippen LogP contribution in [0.1, 0.15) is 38.2 Å². The van der Waals surface area contributed by atoms with E-state index in [9.17, 15) is 19.2 Å². The summed E-state index contributed by atoms with van der Waals surface area (Å²) in [5.41, 5.74) is 0.282. The molecule has 1 saturated carbocycles. The summed E-state index contributed by atoms with van der Waals surface area (Å²) in [6, 6.07) is 2.13. The van der Waals surface area contributed by atoms with Crippen LogP contribution in [0.25, 0.3) is 6.08 Å². The predicted octanol–water partition coefficient (Wildman–Crippen LogP) is 2.72. The van der Waals surface area contributed by atoms with E-state index in [2.05, 4.69) is 21.2 Å². The Morgan fingerprint density at radius 2 is 1.90 bits per heavy atom. The molecule has 10 heteroatoms. The molecule has 1 aliphatic heterocycles. The molecule has 0 atom stereocenters. The topological polar surface area (TPSA) is 122 Å². The number of urea groups is 1. The zero-order valence-electron chi connectivity index (χ0n) is 16.3. The summed E-state index contributed by atoms with van der Waals surface area (Å²) < 4.78 is 11.2. The summed E-state index contributed by atoms with van der Waals surface area (Å²) in [5, 5.41) is 11.1. The van der Waals surface area contributed by atoms with E-state index in [-0.39, 0.29) is 23.1 Å². The van der Waals surface area contributed by atoms with Crippen LogP contribution in [-0.2, 0) is 14.4 Å². The van der Waals surface area contributed by atoms with Crippen molar-refractivity contribution in [2.45, 2.75) is 38.6 Å². The van der Waals surface area contributed by atoms with Crippen molar-refractivity contribution in [1.29, 1.82) is 0 Å². The Morgan fingerprint density at radius 3 is 2.53 bits per heavy atom. The van der Waals surface area contributed by atoms with Gasteiger partial charge in [-0.05, 0) is 43.5 Å². The van der Waals surface area contributed by atoms with Crippen molar-refractivity contribution >= 4 is 45.8 Å². The summed E-state index contributed by atoms with van der Waals surface area (Å²) in [5.74, 6) is -2.07. The Labute approximate surface area is 181 Å². The second-order valence-electron chi connectivity index (χ2n) is 6.87. The van der Waals surface area contributed by atoms with Crippen LogP contribution in [0.3, 0.4) is 0 Å². The number of aliphatic carboxylic acids is 1. The maximum absolute atomic E-state index is 12.9. The number of carboxylic acid groups (broad SMARTS) is 1. The number of amides is 4. The Balaban J connectivity index is 1.96. The van der Waals surface area contributed by atoms with Crippen molar-refractivity contribution in [2.24, 2.45) is 0 Å². The quantitative estimate of drug-likeness (QED) is 0.454. The number of carbonyl (C=O) groups excluding carboxylic acids is 3. The molecule has 1 aromatic rings. The van der Waals surface area contributed by atoms with Crippen molar-refractivity contribution in [1.82, 2.24) is 10.2 Å². The van der Waals surface area contributed by atoms with Gasteiger partial charge in [0.2, 0.25) is 0 Å². The van der Waals surface area contributed by atoms with Crippen LogP contribution in [0.5, 0.6) is 11.5 Å². The lowest BCUT2D eigenvalue weighted by Crippen LogP contribution is -2.57. The molecular formula is C20H21BrN2O7. The molecule has 0 bridgehead atoms. The van der Waals surface area contributed by atoms with Crippen LogP contribution in [0.4, 0.5) is 4.79 Å². The van der Waals surface area contributed by atoms with Crippen molar-refractivity contribution in [3.05, 3.63) is 27.7 Å². The number of ether oxygens (including phenoxy) is 2. The van der Waals surface area contributed by atoms with E-state index in [1.165, 1.54) is 18.2 Å². The SMILES string of the molecule is CCOc1cc(/C=C2\C(=O)NC(=O)N(C3CCCC3)C2=O)c(Br)cc1OCC(=O)O. The standard InChI is InChI=1S/C20H21BrN2O7/c1-2-29-15-8-11(14(21)9-16(15)30-10-17(24)25)7-13-18(26)22-20(28)23(19(13)27)12-5-3-4-6-12/h7-9,12H,2-6,10H2,1H3,(H,24,25)(H,22,26,28)/b13-7+. The van der Waals surface area contributed by atoms with E-state index >= 15 is 0 Å². The van der Waals surface area contributed by atoms with Gasteiger partial charge in [0.15, 0.2) is 18.1 Å². The Hall–Kier alpha value is -2.88. The van der Waals surface area contributed by atoms with Crippen LogP contribution in [0.2, 0.25) is 0 Å². The molecular weight excluding hydrogens is 460 g/mol. The maximum atomic E-state index is 12.9. The number of rotatable bonds is 7. The number of halogens is 1. The highest BCUT2D eigenvalue weighted by atomic mass is 79.9. The summed E-state index contributed by atoms with van der Waals surface area (Å²) in [7, 11) is 0. The number of nitrogens with one attached hydrogen (secondary N) is 1. The van der Waals surface area contributed by atoms with E-state index in [0.717, 1.165) is 17.7 Å². The van der Waals surface area contributed by atoms with Gasteiger partial charge < -0.3 is 14.6 Å². The average Bonchev–Trinajstić information content (AvgIpc) is 3.20. The van der Waals surface area contributed by atoms with Gasteiger partial charge >= 0.3 is 12.0 Å². The molecule has 0 unspecified atom stereocenters. The van der Waals surface area contributed by atoms with Gasteiger partial charge in [-0.15, -0.1) is 0 Å². The second kappa shape index (κ2) is 9.29. The van der Waals surface area contributed by atoms with E-state index in [1.54, 1.807) is 6.92 Å². The number of imide groups is 2. The molecule has 1 aliphatic carbocycles. The van der Waals surface area contributed by atoms with Gasteiger partial charge in [-0.3, -0.25) is 19.8 Å². The highest BCUT2D eigenvalue weighted by Gasteiger charge is 2.40. The number of carbonyl (C=O) groups is 4. The molecule has 0 aromatic heterocycles. The molecule has 2 aliphatic rings. The third-order valence-electron chi connectivity index (χ3n) is 4.84. The van der Waals surface area contributed by atoms with Crippen LogP contribution in [-0.4, -0.2) is 53.1 Å². The molecule has 0 spiro atoms. The van der Waals surface area contributed by atoms with Crippen molar-refractivity contribution in [3.63, 3.8) is 0 Å². The lowest BCUT2D eigenvalue weighted by Gasteiger charge is -2.31. The Bertz CT molecular complexity index is 922. The molecule has 1 saturated heterocycles. The van der Waals surface area contributed by atoms with Gasteiger partial charge in [0.05, 0.1) is 6.61 Å². The fraction of sp³-hybridized carbons (Fsp3) is 0.400. The fourth-order valence-corrected chi connectivity index (χ4v) is 3.94. The minimum atomic E-state index is -1.14. The number of hydrogen-bond acceptors (Lipinski definition) is 6. The summed E-state index contributed by atoms with van der Waals surface area (Å²) in [6.07, 6.45) is 4.66. The van der Waals surface area contributed by atoms with E-state index in [4.69, 9.17) is 14.6 Å². The first-order chi connectivity index (χ1) is 14.3. The third kappa shape index (κ3) is 4.64. The minimum Gasteiger partial charge on any atom is -0.490 e. The molecule has 3 rings (SSSR count). The highest BCUT2D eigenvalue weighted by molar-refractivity contribution is 9.10. The Morgan fingerprint density at radius 1 is 1.23 bits per heavy atom. The summed E-state index contributed by atoms with van der Waals surface area (Å²) in [6.45, 7) is 1.50. The largest absolute Gasteiger partial charge is 0.490 e. The lowest BCUT2D eigenvalue weighted by molar-refractivity contribution is -0.139. The molecule has 9 nitrogen and oxygen atoms in total. The Kier molecular flexibility index (Phi) is 6.76. The number of hydrogen-bond donors (Lipinski definition) is 2. The smallest absolute Gasteiger partial charge is 0.341 e. The molecule has 30 heavy (non-hydrogen) atoms. The monoisotopic (exact) mass is 480 g/mol. The summed E-state index contributed by atoms with van der Waals surface area (Å²) in [4.78, 5) is 49.5. The molecule has 4 amide bonds. The van der Waals surface area contributed by atoms with Crippen molar-refractivity contribution < 1.29 is 33.8 Å². The predicted molar refractivity (Wildman–Crippen MR) is 109 cm³/mol. The van der Waals surface area contributed by atoms with Crippen LogP contribution >= 0.6 is 15.9 Å². The zero-order chi connectivity index (χ0) is 21.8. The molecule has 2 fully saturated rings. The van der Waals surface area contributed by atoms with E-state index in [0.29, 0.717) is 29.5 Å². The van der Waals surface area contributed by atoms with Gasteiger partial charge in [0.25, 0.3) is 11.8 Å². The van der Waals surface area contributed by atoms with E-state index in [1.807, 2.05) is 0 Å². The third-order valence-corrected chi connectivity index (χ3v) is 5.52. The fourth-order valence-electron chi connectivity index (χ4n) is 3.50. The molecule has 0 radical (unpaired) electrons. The maximum Gasteiger partial charge on any atom is 0.341 e.